The van der Waals surface area contributed by atoms with Crippen molar-refractivity contribution < 1.29 is 9.59 Å². The molecule has 3 aromatic rings. The minimum Gasteiger partial charge on any atom is -0.357 e. The molecule has 4 rings (SSSR count). The molecular weight excluding hydrogens is 450 g/mol. The van der Waals surface area contributed by atoms with Crippen LogP contribution in [0.3, 0.4) is 0 Å². The monoisotopic (exact) mass is 473 g/mol. The number of nitrogens with zero attached hydrogens (tertiary/aromatic N) is 4. The molecule has 0 bridgehead atoms. The lowest BCUT2D eigenvalue weighted by molar-refractivity contribution is 0.102. The van der Waals surface area contributed by atoms with Crippen LogP contribution in [0.25, 0.3) is 6.08 Å². The molecule has 0 fully saturated rings. The Kier molecular flexibility index (Phi) is 6.62. The molecular formula is C24H23N7O2S. The van der Waals surface area contributed by atoms with Gasteiger partial charge < -0.3 is 16.0 Å². The normalized spacial score (nSPS) is 11.8. The maximum atomic E-state index is 12.9. The van der Waals surface area contributed by atoms with Crippen molar-refractivity contribution in [2.24, 2.45) is 0 Å². The van der Waals surface area contributed by atoms with E-state index in [9.17, 15) is 9.59 Å². The zero-order valence-electron chi connectivity index (χ0n) is 19.1. The first-order valence-electron chi connectivity index (χ1n) is 10.4. The van der Waals surface area contributed by atoms with Gasteiger partial charge in [0.05, 0.1) is 0 Å². The Bertz CT molecular complexity index is 1350. The van der Waals surface area contributed by atoms with E-state index in [1.54, 1.807) is 44.1 Å². The number of allylic oxidation sites excluding steroid dienone is 1. The summed E-state index contributed by atoms with van der Waals surface area (Å²) in [5.41, 5.74) is 6.62. The fourth-order valence-corrected chi connectivity index (χ4v) is 3.99. The minimum absolute atomic E-state index is 0.188. The minimum atomic E-state index is -0.448. The van der Waals surface area contributed by atoms with Crippen LogP contribution in [0.1, 0.15) is 28.4 Å². The largest absolute Gasteiger partial charge is 0.357 e. The van der Waals surface area contributed by atoms with Crippen molar-refractivity contribution in [3.8, 4) is 0 Å². The van der Waals surface area contributed by atoms with Gasteiger partial charge in [0.25, 0.3) is 5.91 Å². The lowest BCUT2D eigenvalue weighted by Crippen LogP contribution is -2.33. The van der Waals surface area contributed by atoms with Crippen molar-refractivity contribution in [1.82, 2.24) is 15.0 Å². The highest BCUT2D eigenvalue weighted by molar-refractivity contribution is 8.03. The van der Waals surface area contributed by atoms with E-state index in [0.29, 0.717) is 22.9 Å². The summed E-state index contributed by atoms with van der Waals surface area (Å²) in [5, 5.41) is 8.54. The fraction of sp³-hybridized carbons (Fsp3) is 0.167. The molecule has 0 unspecified atom stereocenters. The summed E-state index contributed by atoms with van der Waals surface area (Å²) in [6, 6.07) is 10.5. The van der Waals surface area contributed by atoms with Crippen molar-refractivity contribution in [2.45, 2.75) is 18.7 Å². The van der Waals surface area contributed by atoms with Gasteiger partial charge in [0.15, 0.2) is 0 Å². The molecule has 2 aromatic carbocycles. The molecule has 3 amide bonds. The number of aryl methyl sites for hydroxylation is 1. The van der Waals surface area contributed by atoms with Crippen molar-refractivity contribution in [3.63, 3.8) is 0 Å². The van der Waals surface area contributed by atoms with Crippen molar-refractivity contribution in [1.29, 1.82) is 0 Å². The summed E-state index contributed by atoms with van der Waals surface area (Å²) < 4.78 is 0. The quantitative estimate of drug-likeness (QED) is 0.458. The Balaban J connectivity index is 1.49. The number of amides is 3. The van der Waals surface area contributed by atoms with E-state index >= 15 is 0 Å². The smallest absolute Gasteiger partial charge is 0.328 e. The highest BCUT2D eigenvalue weighted by Crippen LogP contribution is 2.34. The van der Waals surface area contributed by atoms with Gasteiger partial charge in [-0.25, -0.2) is 14.8 Å². The number of carbonyl (C=O) groups excluding carboxylic acids is 2. The van der Waals surface area contributed by atoms with Crippen molar-refractivity contribution in [2.75, 3.05) is 34.9 Å². The van der Waals surface area contributed by atoms with Crippen LogP contribution in [-0.2, 0) is 0 Å². The van der Waals surface area contributed by atoms with Gasteiger partial charge in [-0.05, 0) is 61.4 Å². The maximum absolute atomic E-state index is 12.9. The number of hydrogen-bond donors (Lipinski definition) is 3. The molecule has 1 aromatic heterocycles. The Morgan fingerprint density at radius 3 is 2.68 bits per heavy atom. The third-order valence-electron chi connectivity index (χ3n) is 5.09. The SMILES string of the molecule is CNc1ncnc(N(C)C(=O)Nc2cc(C(=O)Nc3ccc4c(c3)C=C=C(C)S4)ccc2C)n1. The first-order valence-corrected chi connectivity index (χ1v) is 11.2. The number of anilines is 4. The van der Waals surface area contributed by atoms with Crippen LogP contribution < -0.4 is 20.9 Å². The predicted octanol–water partition coefficient (Wildman–Crippen LogP) is 4.76. The van der Waals surface area contributed by atoms with Crippen LogP contribution in [0.15, 0.2) is 58.3 Å². The van der Waals surface area contributed by atoms with E-state index in [1.165, 1.54) is 11.2 Å². The van der Waals surface area contributed by atoms with E-state index in [2.05, 4.69) is 36.6 Å². The predicted molar refractivity (Wildman–Crippen MR) is 135 cm³/mol. The summed E-state index contributed by atoms with van der Waals surface area (Å²) in [4.78, 5) is 41.3. The Hall–Kier alpha value is -4.14. The lowest BCUT2D eigenvalue weighted by Gasteiger charge is -2.18. The molecule has 1 aliphatic rings. The van der Waals surface area contributed by atoms with E-state index in [0.717, 1.165) is 20.9 Å². The van der Waals surface area contributed by atoms with Gasteiger partial charge in [0.2, 0.25) is 11.9 Å². The molecule has 9 nitrogen and oxygen atoms in total. The van der Waals surface area contributed by atoms with Crippen LogP contribution in [0, 0.1) is 6.92 Å². The van der Waals surface area contributed by atoms with Gasteiger partial charge in [0, 0.05) is 40.8 Å². The molecule has 0 saturated heterocycles. The number of fused-ring (bicyclic) bond motifs is 1. The molecule has 0 spiro atoms. The molecule has 172 valence electrons. The van der Waals surface area contributed by atoms with Crippen molar-refractivity contribution >= 4 is 53.0 Å². The third kappa shape index (κ3) is 5.09. The molecule has 34 heavy (non-hydrogen) atoms. The maximum Gasteiger partial charge on any atom is 0.328 e. The molecule has 0 aliphatic carbocycles. The average Bonchev–Trinajstić information content (AvgIpc) is 2.84. The molecule has 3 N–H and O–H groups in total. The molecule has 0 radical (unpaired) electrons. The van der Waals surface area contributed by atoms with Crippen LogP contribution >= 0.6 is 11.8 Å². The highest BCUT2D eigenvalue weighted by Gasteiger charge is 2.17. The number of thioether (sulfide) groups is 1. The second-order valence-electron chi connectivity index (χ2n) is 7.53. The summed E-state index contributed by atoms with van der Waals surface area (Å²) in [5.74, 6) is 0.258. The number of hydrogen-bond acceptors (Lipinski definition) is 7. The second kappa shape index (κ2) is 9.78. The first kappa shape index (κ1) is 23.0. The summed E-state index contributed by atoms with van der Waals surface area (Å²) >= 11 is 1.65. The molecule has 0 atom stereocenters. The second-order valence-corrected chi connectivity index (χ2v) is 8.79. The van der Waals surface area contributed by atoms with Gasteiger partial charge in [0.1, 0.15) is 6.33 Å². The third-order valence-corrected chi connectivity index (χ3v) is 6.11. The highest BCUT2D eigenvalue weighted by atomic mass is 32.2. The van der Waals surface area contributed by atoms with Gasteiger partial charge >= 0.3 is 6.03 Å². The van der Waals surface area contributed by atoms with E-state index in [4.69, 9.17) is 0 Å². The summed E-state index contributed by atoms with van der Waals surface area (Å²) in [7, 11) is 3.23. The molecule has 2 heterocycles. The van der Waals surface area contributed by atoms with E-state index < -0.39 is 6.03 Å². The first-order chi connectivity index (χ1) is 16.3. The van der Waals surface area contributed by atoms with Crippen LogP contribution in [-0.4, -0.2) is 41.0 Å². The van der Waals surface area contributed by atoms with Crippen LogP contribution in [0.2, 0.25) is 0 Å². The topological polar surface area (TPSA) is 112 Å². The number of rotatable bonds is 5. The van der Waals surface area contributed by atoms with Crippen molar-refractivity contribution in [3.05, 3.63) is 70.1 Å². The standard InChI is InChI=1S/C24H23N7O2S/c1-14-5-7-17(21(32)28-18-9-10-20-16(11-18)8-6-15(2)34-20)12-19(14)29-24(33)31(4)23-27-13-26-22(25-3)30-23/h5,7-13H,1-4H3,(H,28,32)(H,29,33)(H,25,26,27,30). The fourth-order valence-electron chi connectivity index (χ4n) is 3.17. The van der Waals surface area contributed by atoms with E-state index in [1.807, 2.05) is 38.1 Å². The Morgan fingerprint density at radius 2 is 1.88 bits per heavy atom. The Morgan fingerprint density at radius 1 is 1.06 bits per heavy atom. The van der Waals surface area contributed by atoms with Crippen LogP contribution in [0.5, 0.6) is 0 Å². The number of urea groups is 1. The zero-order valence-corrected chi connectivity index (χ0v) is 19.9. The number of carbonyl (C=O) groups is 2. The Labute approximate surface area is 201 Å². The van der Waals surface area contributed by atoms with Gasteiger partial charge in [-0.3, -0.25) is 9.69 Å². The number of nitrogens with one attached hydrogen (secondary N) is 3. The molecule has 1 aliphatic heterocycles. The molecule has 10 heteroatoms. The van der Waals surface area contributed by atoms with Gasteiger partial charge in [-0.2, -0.15) is 4.98 Å². The summed E-state index contributed by atoms with van der Waals surface area (Å²) in [6.07, 6.45) is 3.24. The zero-order chi connectivity index (χ0) is 24.2. The number of aromatic nitrogens is 3. The van der Waals surface area contributed by atoms with E-state index in [-0.39, 0.29) is 11.9 Å². The lowest BCUT2D eigenvalue weighted by atomic mass is 10.1. The van der Waals surface area contributed by atoms with Crippen LogP contribution in [0.4, 0.5) is 28.1 Å². The summed E-state index contributed by atoms with van der Waals surface area (Å²) in [6.45, 7) is 3.86. The number of benzene rings is 2. The molecule has 0 saturated carbocycles. The average molecular weight is 474 g/mol. The van der Waals surface area contributed by atoms with Gasteiger partial charge in [-0.1, -0.05) is 17.8 Å². The van der Waals surface area contributed by atoms with Gasteiger partial charge in [-0.15, -0.1) is 5.73 Å².